The molecule has 11 heteroatoms. The van der Waals surface area contributed by atoms with Crippen molar-refractivity contribution >= 4 is 11.8 Å². The van der Waals surface area contributed by atoms with E-state index in [0.29, 0.717) is 30.9 Å². The van der Waals surface area contributed by atoms with Crippen molar-refractivity contribution in [1.29, 1.82) is 0 Å². The molecule has 2 aliphatic heterocycles. The molecule has 2 atom stereocenters. The summed E-state index contributed by atoms with van der Waals surface area (Å²) >= 11 is 0. The first-order chi connectivity index (χ1) is 16.7. The number of hydrogen-bond acceptors (Lipinski definition) is 5. The molecule has 1 unspecified atom stereocenters. The topological polar surface area (TPSA) is 98.3 Å². The molecule has 184 valence electrons. The molecule has 0 saturated carbocycles. The molecule has 1 fully saturated rings. The zero-order valence-electron chi connectivity index (χ0n) is 19.0. The lowest BCUT2D eigenvalue weighted by Gasteiger charge is -2.25. The molecule has 4 heterocycles. The molecule has 8 nitrogen and oxygen atoms in total. The number of nitrogens with two attached hydrogens (primary N) is 1. The third kappa shape index (κ3) is 4.38. The summed E-state index contributed by atoms with van der Waals surface area (Å²) in [6.07, 6.45) is 3.12. The van der Waals surface area contributed by atoms with E-state index >= 15 is 0 Å². The molecule has 2 aliphatic rings. The number of fused-ring (bicyclic) bond motifs is 2. The van der Waals surface area contributed by atoms with Gasteiger partial charge in [0.05, 0.1) is 11.7 Å². The number of amides is 2. The van der Waals surface area contributed by atoms with E-state index in [1.165, 1.54) is 24.4 Å². The Hall–Kier alpha value is -3.76. The molecule has 0 radical (unpaired) electrons. The maximum absolute atomic E-state index is 13.2. The number of alkyl halides is 2. The number of pyridine rings is 1. The fourth-order valence-corrected chi connectivity index (χ4v) is 4.96. The van der Waals surface area contributed by atoms with E-state index in [4.69, 9.17) is 5.73 Å². The van der Waals surface area contributed by atoms with Gasteiger partial charge in [0.25, 0.3) is 0 Å². The van der Waals surface area contributed by atoms with Gasteiger partial charge in [0.2, 0.25) is 0 Å². The molecule has 1 aromatic carbocycles. The Kier molecular flexibility index (Phi) is 5.78. The van der Waals surface area contributed by atoms with E-state index in [1.54, 1.807) is 17.0 Å². The number of urea groups is 1. The number of benzene rings is 1. The van der Waals surface area contributed by atoms with Gasteiger partial charge in [0.15, 0.2) is 11.6 Å². The number of rotatable bonds is 5. The molecule has 3 aromatic rings. The minimum absolute atomic E-state index is 0.121. The van der Waals surface area contributed by atoms with Crippen LogP contribution >= 0.6 is 0 Å². The first kappa shape index (κ1) is 23.0. The number of likely N-dealkylation sites (tertiary alicyclic amines) is 1. The zero-order valence-corrected chi connectivity index (χ0v) is 19.0. The highest BCUT2D eigenvalue weighted by Gasteiger charge is 2.47. The molecular weight excluding hydrogens is 461 g/mol. The fraction of sp³-hybridized carbons (Fsp3) is 0.375. The van der Waals surface area contributed by atoms with E-state index in [-0.39, 0.29) is 34.9 Å². The zero-order chi connectivity index (χ0) is 24.7. The molecule has 2 aromatic heterocycles. The predicted molar refractivity (Wildman–Crippen MR) is 122 cm³/mol. The number of aryl methyl sites for hydroxylation is 1. The van der Waals surface area contributed by atoms with Crippen molar-refractivity contribution in [3.8, 4) is 17.0 Å². The third-order valence-electron chi connectivity index (χ3n) is 6.87. The van der Waals surface area contributed by atoms with E-state index in [1.807, 2.05) is 17.7 Å². The summed E-state index contributed by atoms with van der Waals surface area (Å²) < 4.78 is 44.9. The van der Waals surface area contributed by atoms with Crippen LogP contribution in [0.15, 0.2) is 42.6 Å². The van der Waals surface area contributed by atoms with Gasteiger partial charge in [0.1, 0.15) is 5.82 Å². The van der Waals surface area contributed by atoms with Crippen molar-refractivity contribution in [3.05, 3.63) is 59.7 Å². The Balaban J connectivity index is 1.31. The van der Waals surface area contributed by atoms with Crippen molar-refractivity contribution < 1.29 is 22.7 Å². The summed E-state index contributed by atoms with van der Waals surface area (Å²) in [4.78, 5) is 18.7. The van der Waals surface area contributed by atoms with Crippen LogP contribution < -0.4 is 15.8 Å². The molecule has 2 amide bonds. The van der Waals surface area contributed by atoms with Crippen LogP contribution in [0.2, 0.25) is 0 Å². The maximum Gasteiger partial charge on any atom is 0.387 e. The van der Waals surface area contributed by atoms with E-state index < -0.39 is 6.61 Å². The van der Waals surface area contributed by atoms with Crippen molar-refractivity contribution in [1.82, 2.24) is 25.0 Å². The number of nitrogens with zero attached hydrogens (tertiary/aromatic N) is 4. The number of aromatic nitrogens is 3. The Bertz CT molecular complexity index is 1250. The van der Waals surface area contributed by atoms with E-state index in [2.05, 4.69) is 20.1 Å². The van der Waals surface area contributed by atoms with E-state index in [9.17, 15) is 18.0 Å². The van der Waals surface area contributed by atoms with Crippen LogP contribution in [0.4, 0.5) is 23.8 Å². The lowest BCUT2D eigenvalue weighted by molar-refractivity contribution is -0.0494. The molecule has 3 N–H and O–H groups in total. The Morgan fingerprint density at radius 1 is 1.20 bits per heavy atom. The van der Waals surface area contributed by atoms with Crippen LogP contribution in [0.3, 0.4) is 0 Å². The van der Waals surface area contributed by atoms with Gasteiger partial charge in [-0.15, -0.1) is 0 Å². The van der Waals surface area contributed by atoms with Crippen molar-refractivity contribution in [2.75, 3.05) is 18.8 Å². The number of hydrogen-bond donors (Lipinski definition) is 2. The summed E-state index contributed by atoms with van der Waals surface area (Å²) in [6, 6.07) is 8.97. The van der Waals surface area contributed by atoms with Gasteiger partial charge in [-0.1, -0.05) is 12.1 Å². The second-order valence-electron chi connectivity index (χ2n) is 9.05. The first-order valence-electron chi connectivity index (χ1n) is 11.3. The second kappa shape index (κ2) is 8.79. The van der Waals surface area contributed by atoms with Crippen molar-refractivity contribution in [3.63, 3.8) is 0 Å². The molecule has 35 heavy (non-hydrogen) atoms. The van der Waals surface area contributed by atoms with Gasteiger partial charge in [0, 0.05) is 42.5 Å². The standard InChI is InChI=1S/C24H25F3N6O2/c1-14(15-2-4-17(25)5-3-15)30-23(34)32-8-6-24(13-32)7-9-33-20(24)11-18(31-33)16-10-19(35-22(26)27)21(28)29-12-16/h2-5,10-12,14,22H,6-9,13H2,1H3,(H2,28,29)(H,30,34)/t14-,24?/m1/s1. The average Bonchev–Trinajstić information content (AvgIpc) is 3.52. The van der Waals surface area contributed by atoms with Crippen molar-refractivity contribution in [2.45, 2.75) is 44.4 Å². The van der Waals surface area contributed by atoms with E-state index in [0.717, 1.165) is 24.1 Å². The van der Waals surface area contributed by atoms with Crippen LogP contribution in [0.1, 0.15) is 37.1 Å². The molecule has 1 saturated heterocycles. The number of nitrogens with one attached hydrogen (secondary N) is 1. The van der Waals surface area contributed by atoms with Gasteiger partial charge >= 0.3 is 12.6 Å². The summed E-state index contributed by atoms with van der Waals surface area (Å²) in [7, 11) is 0. The highest BCUT2D eigenvalue weighted by molar-refractivity contribution is 5.75. The molecular formula is C24H25F3N6O2. The summed E-state index contributed by atoms with van der Waals surface area (Å²) in [5, 5.41) is 7.63. The average molecular weight is 486 g/mol. The smallest absolute Gasteiger partial charge is 0.387 e. The number of ether oxygens (including phenoxy) is 1. The van der Waals surface area contributed by atoms with Crippen LogP contribution in [-0.2, 0) is 12.0 Å². The number of anilines is 1. The lowest BCUT2D eigenvalue weighted by Crippen LogP contribution is -2.41. The van der Waals surface area contributed by atoms with Crippen LogP contribution in [0.5, 0.6) is 5.75 Å². The Labute approximate surface area is 199 Å². The SMILES string of the molecule is C[C@@H](NC(=O)N1CCC2(CCn3nc(-c4cnc(N)c(OC(F)F)c4)cc32)C1)c1ccc(F)cc1. The first-order valence-corrected chi connectivity index (χ1v) is 11.3. The highest BCUT2D eigenvalue weighted by Crippen LogP contribution is 2.44. The van der Waals surface area contributed by atoms with Crippen molar-refractivity contribution in [2.24, 2.45) is 0 Å². The van der Waals surface area contributed by atoms with Crippen LogP contribution in [0.25, 0.3) is 11.3 Å². The Morgan fingerprint density at radius 2 is 1.94 bits per heavy atom. The molecule has 5 rings (SSSR count). The van der Waals surface area contributed by atoms with Gasteiger partial charge < -0.3 is 20.7 Å². The largest absolute Gasteiger partial charge is 0.431 e. The summed E-state index contributed by atoms with van der Waals surface area (Å²) in [5.41, 5.74) is 8.35. The number of halogens is 3. The summed E-state index contributed by atoms with van der Waals surface area (Å²) in [5.74, 6) is -0.637. The van der Waals surface area contributed by atoms with Crippen LogP contribution in [-0.4, -0.2) is 45.4 Å². The number of carbonyl (C=O) groups is 1. The van der Waals surface area contributed by atoms with Gasteiger partial charge in [-0.3, -0.25) is 4.68 Å². The summed E-state index contributed by atoms with van der Waals surface area (Å²) in [6.45, 7) is 0.684. The molecule has 1 spiro atoms. The normalized spacial score (nSPS) is 19.9. The highest BCUT2D eigenvalue weighted by atomic mass is 19.3. The quantitative estimate of drug-likeness (QED) is 0.566. The maximum atomic E-state index is 13.2. The minimum atomic E-state index is -3.01. The van der Waals surface area contributed by atoms with Gasteiger partial charge in [-0.2, -0.15) is 13.9 Å². The lowest BCUT2D eigenvalue weighted by atomic mass is 9.82. The molecule has 0 aliphatic carbocycles. The predicted octanol–water partition coefficient (Wildman–Crippen LogP) is 4.09. The Morgan fingerprint density at radius 3 is 2.69 bits per heavy atom. The second-order valence-corrected chi connectivity index (χ2v) is 9.05. The van der Waals surface area contributed by atoms with Crippen LogP contribution in [0, 0.1) is 5.82 Å². The number of carbonyl (C=O) groups excluding carboxylic acids is 1. The third-order valence-corrected chi connectivity index (χ3v) is 6.87. The van der Waals surface area contributed by atoms with Gasteiger partial charge in [-0.25, -0.2) is 14.2 Å². The van der Waals surface area contributed by atoms with Gasteiger partial charge in [-0.05, 0) is 49.6 Å². The molecule has 0 bridgehead atoms. The number of nitrogen functional groups attached to an aromatic ring is 1. The minimum Gasteiger partial charge on any atom is -0.431 e. The monoisotopic (exact) mass is 486 g/mol. The fourth-order valence-electron chi connectivity index (χ4n) is 4.96.